The van der Waals surface area contributed by atoms with E-state index in [0.717, 1.165) is 23.3 Å². The molecule has 1 heterocycles. The third-order valence-corrected chi connectivity index (χ3v) is 5.81. The Labute approximate surface area is 176 Å². The van der Waals surface area contributed by atoms with E-state index in [1.165, 1.54) is 17.8 Å². The molecule has 1 aliphatic heterocycles. The lowest BCUT2D eigenvalue weighted by molar-refractivity contribution is -0.137. The largest absolute Gasteiger partial charge is 0.416 e. The zero-order valence-corrected chi connectivity index (χ0v) is 16.5. The number of benzene rings is 3. The molecule has 3 aromatic rings. The summed E-state index contributed by atoms with van der Waals surface area (Å²) in [6.07, 6.45) is -4.40. The van der Waals surface area contributed by atoms with E-state index in [-0.39, 0.29) is 11.7 Å². The van der Waals surface area contributed by atoms with Crippen LogP contribution in [0.25, 0.3) is 0 Å². The van der Waals surface area contributed by atoms with Crippen molar-refractivity contribution >= 4 is 23.5 Å². The van der Waals surface area contributed by atoms with Crippen LogP contribution < -0.4 is 5.32 Å². The molecule has 0 aliphatic carbocycles. The maximum Gasteiger partial charge on any atom is 0.416 e. The molecule has 0 saturated heterocycles. The third kappa shape index (κ3) is 3.85. The van der Waals surface area contributed by atoms with Crippen LogP contribution in [0.15, 0.2) is 94.8 Å². The van der Waals surface area contributed by atoms with E-state index in [2.05, 4.69) is 5.32 Å². The van der Waals surface area contributed by atoms with Gasteiger partial charge in [-0.3, -0.25) is 4.79 Å². The molecule has 30 heavy (non-hydrogen) atoms. The number of amidine groups is 1. The Morgan fingerprint density at radius 2 is 1.47 bits per heavy atom. The summed E-state index contributed by atoms with van der Waals surface area (Å²) < 4.78 is 38.8. The molecule has 0 atom stereocenters. The Hall–Kier alpha value is -3.06. The van der Waals surface area contributed by atoms with Crippen molar-refractivity contribution in [2.24, 2.45) is 4.99 Å². The molecule has 1 amide bonds. The van der Waals surface area contributed by atoms with Gasteiger partial charge in [0.05, 0.1) is 11.3 Å². The quantitative estimate of drug-likeness (QED) is 0.565. The number of amides is 1. The van der Waals surface area contributed by atoms with Crippen LogP contribution in [0.1, 0.15) is 16.7 Å². The normalized spacial score (nSPS) is 15.6. The van der Waals surface area contributed by atoms with Crippen LogP contribution in [0.2, 0.25) is 0 Å². The summed E-state index contributed by atoms with van der Waals surface area (Å²) in [5.74, 6) is 0.392. The summed E-state index contributed by atoms with van der Waals surface area (Å²) in [5.41, 5.74) is -0.458. The van der Waals surface area contributed by atoms with E-state index in [1.807, 2.05) is 60.7 Å². The van der Waals surface area contributed by atoms with E-state index in [1.54, 1.807) is 6.07 Å². The fourth-order valence-electron chi connectivity index (χ4n) is 3.40. The molecule has 0 fully saturated rings. The van der Waals surface area contributed by atoms with Gasteiger partial charge in [-0.05, 0) is 29.3 Å². The summed E-state index contributed by atoms with van der Waals surface area (Å²) in [7, 11) is 0. The maximum atomic E-state index is 13.1. The van der Waals surface area contributed by atoms with Gasteiger partial charge in [-0.25, -0.2) is 4.99 Å². The second-order valence-electron chi connectivity index (χ2n) is 6.77. The van der Waals surface area contributed by atoms with Gasteiger partial charge < -0.3 is 5.32 Å². The van der Waals surface area contributed by atoms with Crippen molar-refractivity contribution in [1.82, 2.24) is 5.32 Å². The first kappa shape index (κ1) is 20.2. The van der Waals surface area contributed by atoms with E-state index < -0.39 is 17.3 Å². The number of thioether (sulfide) groups is 1. The molecule has 7 heteroatoms. The number of aliphatic imine (C=N–C) groups is 1. The van der Waals surface area contributed by atoms with Crippen LogP contribution in [0, 0.1) is 0 Å². The van der Waals surface area contributed by atoms with Crippen LogP contribution in [0.4, 0.5) is 13.2 Å². The van der Waals surface area contributed by atoms with Crippen LogP contribution in [0.5, 0.6) is 0 Å². The minimum absolute atomic E-state index is 0.245. The Kier molecular flexibility index (Phi) is 5.39. The summed E-state index contributed by atoms with van der Waals surface area (Å²) in [4.78, 5) is 18.3. The number of carbonyl (C=O) groups is 1. The molecular weight excluding hydrogens is 409 g/mol. The average molecular weight is 426 g/mol. The Morgan fingerprint density at radius 3 is 2.03 bits per heavy atom. The lowest BCUT2D eigenvalue weighted by Gasteiger charge is -2.24. The molecule has 0 bridgehead atoms. The van der Waals surface area contributed by atoms with E-state index >= 15 is 0 Å². The number of hydrogen-bond acceptors (Lipinski definition) is 3. The van der Waals surface area contributed by atoms with E-state index in [4.69, 9.17) is 4.99 Å². The van der Waals surface area contributed by atoms with Gasteiger partial charge in [0.25, 0.3) is 5.91 Å². The highest BCUT2D eigenvalue weighted by Crippen LogP contribution is 2.38. The number of rotatable bonds is 5. The van der Waals surface area contributed by atoms with Crippen molar-refractivity contribution in [3.63, 3.8) is 0 Å². The molecule has 0 aromatic heterocycles. The molecule has 4 rings (SSSR count). The van der Waals surface area contributed by atoms with Gasteiger partial charge in [0.15, 0.2) is 5.54 Å². The van der Waals surface area contributed by atoms with Crippen molar-refractivity contribution in [2.75, 3.05) is 5.75 Å². The van der Waals surface area contributed by atoms with Gasteiger partial charge in [0.1, 0.15) is 5.84 Å². The number of nitrogens with zero attached hydrogens (tertiary/aromatic N) is 1. The van der Waals surface area contributed by atoms with Gasteiger partial charge in [-0.2, -0.15) is 13.2 Å². The minimum atomic E-state index is -4.40. The first-order valence-electron chi connectivity index (χ1n) is 9.21. The molecule has 1 N–H and O–H groups in total. The van der Waals surface area contributed by atoms with Gasteiger partial charge in [-0.15, -0.1) is 11.8 Å². The van der Waals surface area contributed by atoms with Crippen LogP contribution in [-0.4, -0.2) is 17.5 Å². The van der Waals surface area contributed by atoms with Crippen molar-refractivity contribution < 1.29 is 18.0 Å². The van der Waals surface area contributed by atoms with Gasteiger partial charge >= 0.3 is 6.18 Å². The predicted octanol–water partition coefficient (Wildman–Crippen LogP) is 5.27. The maximum absolute atomic E-state index is 13.1. The molecular formula is C23H17F3N2OS. The summed E-state index contributed by atoms with van der Waals surface area (Å²) in [6.45, 7) is 0. The number of carbonyl (C=O) groups excluding carboxylic acids is 1. The second kappa shape index (κ2) is 7.99. The minimum Gasteiger partial charge on any atom is -0.311 e. The first-order chi connectivity index (χ1) is 14.4. The van der Waals surface area contributed by atoms with Crippen molar-refractivity contribution in [1.29, 1.82) is 0 Å². The Balaban J connectivity index is 1.65. The van der Waals surface area contributed by atoms with Crippen molar-refractivity contribution in [2.45, 2.75) is 16.6 Å². The lowest BCUT2D eigenvalue weighted by atomic mass is 9.83. The standard InChI is InChI=1S/C23H17F3N2OS/c24-23(25,26)18-12-7-13-19(14-18)30-15-20-27-21(29)22(28-20,16-8-3-1-4-9-16)17-10-5-2-6-11-17/h1-14H,15H2,(H,27,28,29). The van der Waals surface area contributed by atoms with Gasteiger partial charge in [0.2, 0.25) is 0 Å². The molecule has 0 saturated carbocycles. The van der Waals surface area contributed by atoms with E-state index in [0.29, 0.717) is 10.7 Å². The highest BCUT2D eigenvalue weighted by Gasteiger charge is 2.46. The lowest BCUT2D eigenvalue weighted by Crippen LogP contribution is -2.38. The zero-order chi connectivity index (χ0) is 21.2. The fraction of sp³-hybridized carbons (Fsp3) is 0.130. The van der Waals surface area contributed by atoms with Crippen LogP contribution in [-0.2, 0) is 16.5 Å². The number of halogens is 3. The topological polar surface area (TPSA) is 41.5 Å². The molecule has 0 radical (unpaired) electrons. The third-order valence-electron chi connectivity index (χ3n) is 4.81. The predicted molar refractivity (Wildman–Crippen MR) is 111 cm³/mol. The second-order valence-corrected chi connectivity index (χ2v) is 7.82. The monoisotopic (exact) mass is 426 g/mol. The SMILES string of the molecule is O=C1NC(CSc2cccc(C(F)(F)F)c2)=NC1(c1ccccc1)c1ccccc1. The molecule has 3 nitrogen and oxygen atoms in total. The smallest absolute Gasteiger partial charge is 0.311 e. The summed E-state index contributed by atoms with van der Waals surface area (Å²) >= 11 is 1.20. The average Bonchev–Trinajstić information content (AvgIpc) is 3.10. The van der Waals surface area contributed by atoms with Crippen molar-refractivity contribution in [3.05, 3.63) is 102 Å². The van der Waals surface area contributed by atoms with Crippen LogP contribution >= 0.6 is 11.8 Å². The summed E-state index contributed by atoms with van der Waals surface area (Å²) in [6, 6.07) is 23.6. The highest BCUT2D eigenvalue weighted by atomic mass is 32.2. The Bertz CT molecular complexity index is 1040. The molecule has 0 spiro atoms. The van der Waals surface area contributed by atoms with Gasteiger partial charge in [-0.1, -0.05) is 66.7 Å². The Morgan fingerprint density at radius 1 is 0.867 bits per heavy atom. The van der Waals surface area contributed by atoms with Crippen molar-refractivity contribution in [3.8, 4) is 0 Å². The summed E-state index contributed by atoms with van der Waals surface area (Å²) in [5, 5.41) is 2.82. The molecule has 3 aromatic carbocycles. The highest BCUT2D eigenvalue weighted by molar-refractivity contribution is 8.00. The molecule has 0 unspecified atom stereocenters. The zero-order valence-electron chi connectivity index (χ0n) is 15.7. The van der Waals surface area contributed by atoms with Gasteiger partial charge in [0, 0.05) is 4.90 Å². The van der Waals surface area contributed by atoms with Crippen LogP contribution in [0.3, 0.4) is 0 Å². The number of nitrogens with one attached hydrogen (secondary N) is 1. The first-order valence-corrected chi connectivity index (χ1v) is 10.2. The number of alkyl halides is 3. The molecule has 1 aliphatic rings. The molecule has 152 valence electrons. The van der Waals surface area contributed by atoms with E-state index in [9.17, 15) is 18.0 Å². The fourth-order valence-corrected chi connectivity index (χ4v) is 4.23. The number of hydrogen-bond donors (Lipinski definition) is 1.